The summed E-state index contributed by atoms with van der Waals surface area (Å²) >= 11 is 0. The van der Waals surface area contributed by atoms with Crippen LogP contribution < -0.4 is 15.0 Å². The summed E-state index contributed by atoms with van der Waals surface area (Å²) in [5, 5.41) is 13.2. The van der Waals surface area contributed by atoms with E-state index in [1.807, 2.05) is 36.4 Å². The van der Waals surface area contributed by atoms with Crippen molar-refractivity contribution in [3.63, 3.8) is 0 Å². The Bertz CT molecular complexity index is 941. The van der Waals surface area contributed by atoms with E-state index < -0.39 is 0 Å². The molecule has 1 saturated heterocycles. The van der Waals surface area contributed by atoms with Crippen LogP contribution in [0.5, 0.6) is 11.5 Å². The average molecular weight is 378 g/mol. The number of ether oxygens (including phenoxy) is 2. The quantitative estimate of drug-likeness (QED) is 0.704. The maximum absolute atomic E-state index is 9.84. The van der Waals surface area contributed by atoms with Gasteiger partial charge in [-0.25, -0.2) is 9.97 Å². The molecule has 0 bridgehead atoms. The second-order valence-corrected chi connectivity index (χ2v) is 6.44. The molecule has 0 unspecified atom stereocenters. The Morgan fingerprint density at radius 2 is 1.82 bits per heavy atom. The molecule has 28 heavy (non-hydrogen) atoms. The van der Waals surface area contributed by atoms with Crippen molar-refractivity contribution in [1.82, 2.24) is 9.97 Å². The van der Waals surface area contributed by atoms with Crippen molar-refractivity contribution in [2.24, 2.45) is 0 Å². The molecule has 1 aliphatic rings. The summed E-state index contributed by atoms with van der Waals surface area (Å²) in [6.07, 6.45) is 0. The summed E-state index contributed by atoms with van der Waals surface area (Å²) < 4.78 is 10.7. The molecule has 0 aliphatic carbocycles. The number of benzene rings is 2. The van der Waals surface area contributed by atoms with Crippen LogP contribution in [0.25, 0.3) is 11.4 Å². The highest BCUT2D eigenvalue weighted by molar-refractivity contribution is 5.66. The maximum Gasteiger partial charge on any atom is 0.164 e. The Morgan fingerprint density at radius 1 is 1.04 bits per heavy atom. The monoisotopic (exact) mass is 378 g/mol. The van der Waals surface area contributed by atoms with Gasteiger partial charge in [-0.05, 0) is 36.4 Å². The first-order valence-electron chi connectivity index (χ1n) is 9.13. The Labute approximate surface area is 163 Å². The Hall–Kier alpha value is -3.32. The predicted octanol–water partition coefficient (Wildman–Crippen LogP) is 3.44. The molecular formula is C21H22N4O3. The summed E-state index contributed by atoms with van der Waals surface area (Å²) in [5.74, 6) is 3.04. The average Bonchev–Trinajstić information content (AvgIpc) is 2.75. The maximum atomic E-state index is 9.84. The molecule has 7 heteroatoms. The van der Waals surface area contributed by atoms with Crippen molar-refractivity contribution >= 4 is 17.3 Å². The van der Waals surface area contributed by atoms with E-state index in [2.05, 4.69) is 15.2 Å². The van der Waals surface area contributed by atoms with E-state index in [1.165, 1.54) is 0 Å². The van der Waals surface area contributed by atoms with Crippen molar-refractivity contribution in [3.8, 4) is 22.9 Å². The highest BCUT2D eigenvalue weighted by Gasteiger charge is 2.16. The number of hydrogen-bond donors (Lipinski definition) is 2. The molecule has 7 nitrogen and oxygen atoms in total. The molecule has 0 atom stereocenters. The van der Waals surface area contributed by atoms with E-state index in [4.69, 9.17) is 14.5 Å². The smallest absolute Gasteiger partial charge is 0.164 e. The van der Waals surface area contributed by atoms with Gasteiger partial charge in [0, 0.05) is 30.4 Å². The van der Waals surface area contributed by atoms with Crippen molar-refractivity contribution in [2.45, 2.75) is 0 Å². The lowest BCUT2D eigenvalue weighted by atomic mass is 10.2. The van der Waals surface area contributed by atoms with Gasteiger partial charge in [0.05, 0.1) is 20.3 Å². The molecule has 3 aromatic rings. The first-order valence-corrected chi connectivity index (χ1v) is 9.13. The summed E-state index contributed by atoms with van der Waals surface area (Å²) in [4.78, 5) is 11.6. The van der Waals surface area contributed by atoms with E-state index in [-0.39, 0.29) is 5.75 Å². The van der Waals surface area contributed by atoms with E-state index >= 15 is 0 Å². The van der Waals surface area contributed by atoms with Gasteiger partial charge >= 0.3 is 0 Å². The molecule has 0 saturated carbocycles. The topological polar surface area (TPSA) is 79.7 Å². The lowest BCUT2D eigenvalue weighted by Crippen LogP contribution is -2.36. The molecule has 144 valence electrons. The van der Waals surface area contributed by atoms with E-state index in [0.717, 1.165) is 35.9 Å². The standard InChI is InChI=1S/C21H22N4O3/c1-27-18-7-5-16(6-8-18)22-19-14-20(25-9-11-28-12-10-25)24-21(23-19)15-3-2-4-17(26)13-15/h2-8,13-14,26H,9-12H2,1H3,(H,22,23,24). The van der Waals surface area contributed by atoms with Gasteiger partial charge in [-0.15, -0.1) is 0 Å². The van der Waals surface area contributed by atoms with Gasteiger partial charge in [0.15, 0.2) is 5.82 Å². The zero-order valence-corrected chi connectivity index (χ0v) is 15.6. The molecule has 0 radical (unpaired) electrons. The van der Waals surface area contributed by atoms with Crippen LogP contribution >= 0.6 is 0 Å². The third kappa shape index (κ3) is 4.15. The van der Waals surface area contributed by atoms with E-state index in [9.17, 15) is 5.11 Å². The largest absolute Gasteiger partial charge is 0.508 e. The number of aromatic nitrogens is 2. The fraction of sp³-hybridized carbons (Fsp3) is 0.238. The number of anilines is 3. The molecule has 2 N–H and O–H groups in total. The SMILES string of the molecule is COc1ccc(Nc2cc(N3CCOCC3)nc(-c3cccc(O)c3)n2)cc1. The molecule has 1 fully saturated rings. The van der Waals surface area contributed by atoms with Crippen LogP contribution in [0.4, 0.5) is 17.3 Å². The normalized spacial score (nSPS) is 14.0. The van der Waals surface area contributed by atoms with Gasteiger partial charge in [0.25, 0.3) is 0 Å². The Kier molecular flexibility index (Phi) is 5.25. The highest BCUT2D eigenvalue weighted by Crippen LogP contribution is 2.27. The molecule has 1 aromatic heterocycles. The highest BCUT2D eigenvalue weighted by atomic mass is 16.5. The van der Waals surface area contributed by atoms with Crippen LogP contribution in [0, 0.1) is 0 Å². The number of nitrogens with one attached hydrogen (secondary N) is 1. The fourth-order valence-electron chi connectivity index (χ4n) is 3.05. The molecule has 4 rings (SSSR count). The first kappa shape index (κ1) is 18.1. The lowest BCUT2D eigenvalue weighted by Gasteiger charge is -2.28. The minimum Gasteiger partial charge on any atom is -0.508 e. The molecule has 0 amide bonds. The van der Waals surface area contributed by atoms with Crippen LogP contribution in [-0.2, 0) is 4.74 Å². The first-order chi connectivity index (χ1) is 13.7. The second-order valence-electron chi connectivity index (χ2n) is 6.44. The number of morpholine rings is 1. The van der Waals surface area contributed by atoms with Crippen LogP contribution in [0.15, 0.2) is 54.6 Å². The Morgan fingerprint density at radius 3 is 2.54 bits per heavy atom. The lowest BCUT2D eigenvalue weighted by molar-refractivity contribution is 0.122. The van der Waals surface area contributed by atoms with Gasteiger partial charge < -0.3 is 24.8 Å². The van der Waals surface area contributed by atoms with E-state index in [0.29, 0.717) is 24.9 Å². The van der Waals surface area contributed by atoms with Gasteiger partial charge in [-0.3, -0.25) is 0 Å². The summed E-state index contributed by atoms with van der Waals surface area (Å²) in [6, 6.07) is 16.5. The van der Waals surface area contributed by atoms with Crippen LogP contribution in [-0.4, -0.2) is 48.5 Å². The number of rotatable bonds is 5. The van der Waals surface area contributed by atoms with Crippen molar-refractivity contribution in [1.29, 1.82) is 0 Å². The molecule has 2 aromatic carbocycles. The van der Waals surface area contributed by atoms with E-state index in [1.54, 1.807) is 25.3 Å². The third-order valence-corrected chi connectivity index (χ3v) is 4.51. The number of hydrogen-bond acceptors (Lipinski definition) is 7. The predicted molar refractivity (Wildman–Crippen MR) is 108 cm³/mol. The summed E-state index contributed by atoms with van der Waals surface area (Å²) in [6.45, 7) is 2.90. The van der Waals surface area contributed by atoms with Gasteiger partial charge in [-0.1, -0.05) is 12.1 Å². The zero-order valence-electron chi connectivity index (χ0n) is 15.6. The van der Waals surface area contributed by atoms with Crippen molar-refractivity contribution < 1.29 is 14.6 Å². The number of phenols is 1. The second kappa shape index (κ2) is 8.14. The molecule has 1 aliphatic heterocycles. The van der Waals surface area contributed by atoms with Crippen molar-refractivity contribution in [3.05, 3.63) is 54.6 Å². The molecule has 0 spiro atoms. The van der Waals surface area contributed by atoms with Crippen LogP contribution in [0.1, 0.15) is 0 Å². The van der Waals surface area contributed by atoms with Crippen molar-refractivity contribution in [2.75, 3.05) is 43.6 Å². The van der Waals surface area contributed by atoms with Gasteiger partial charge in [0.1, 0.15) is 23.1 Å². The van der Waals surface area contributed by atoms with Crippen LogP contribution in [0.2, 0.25) is 0 Å². The van der Waals surface area contributed by atoms with Gasteiger partial charge in [0.2, 0.25) is 0 Å². The summed E-state index contributed by atoms with van der Waals surface area (Å²) in [7, 11) is 1.64. The zero-order chi connectivity index (χ0) is 19.3. The number of methoxy groups -OCH3 is 1. The number of phenolic OH excluding ortho intramolecular Hbond substituents is 1. The minimum atomic E-state index is 0.183. The number of aromatic hydroxyl groups is 1. The van der Waals surface area contributed by atoms with Crippen LogP contribution in [0.3, 0.4) is 0 Å². The third-order valence-electron chi connectivity index (χ3n) is 4.51. The van der Waals surface area contributed by atoms with Gasteiger partial charge in [-0.2, -0.15) is 0 Å². The molecular weight excluding hydrogens is 356 g/mol. The number of nitrogens with zero attached hydrogens (tertiary/aromatic N) is 3. The summed E-state index contributed by atoms with van der Waals surface area (Å²) in [5.41, 5.74) is 1.65. The Balaban J connectivity index is 1.70. The minimum absolute atomic E-state index is 0.183. The molecule has 2 heterocycles. The fourth-order valence-corrected chi connectivity index (χ4v) is 3.05.